The van der Waals surface area contributed by atoms with Gasteiger partial charge in [-0.2, -0.15) is 0 Å². The monoisotopic (exact) mass is 606 g/mol. The Hall–Kier alpha value is -3.41. The first-order valence-electron chi connectivity index (χ1n) is 11.5. The Bertz CT molecular complexity index is 1480. The number of carbonyl (C=O) groups is 3. The maximum atomic E-state index is 13.1. The van der Waals surface area contributed by atoms with Crippen LogP contribution in [0.5, 0.6) is 0 Å². The molecule has 2 aliphatic heterocycles. The molecule has 1 saturated heterocycles. The van der Waals surface area contributed by atoms with Crippen molar-refractivity contribution in [3.63, 3.8) is 0 Å². The van der Waals surface area contributed by atoms with Crippen molar-refractivity contribution < 1.29 is 24.3 Å². The van der Waals surface area contributed by atoms with Gasteiger partial charge < -0.3 is 25.6 Å². The number of amides is 2. The van der Waals surface area contributed by atoms with Gasteiger partial charge in [-0.1, -0.05) is 23.0 Å². The molecular weight excluding hydrogens is 585 g/mol. The highest BCUT2D eigenvalue weighted by molar-refractivity contribution is 8.01. The lowest BCUT2D eigenvalue weighted by atomic mass is 10.0. The zero-order chi connectivity index (χ0) is 27.7. The largest absolute Gasteiger partial charge is 0.477 e. The first-order valence-corrected chi connectivity index (χ1v) is 15.3. The van der Waals surface area contributed by atoms with Gasteiger partial charge in [-0.15, -0.1) is 44.6 Å². The van der Waals surface area contributed by atoms with E-state index < -0.39 is 29.2 Å². The van der Waals surface area contributed by atoms with E-state index >= 15 is 0 Å². The summed E-state index contributed by atoms with van der Waals surface area (Å²) in [5.41, 5.74) is 6.27. The molecule has 0 unspecified atom stereocenters. The summed E-state index contributed by atoms with van der Waals surface area (Å²) in [5, 5.41) is 28.9. The van der Waals surface area contributed by atoms with Crippen LogP contribution in [-0.4, -0.2) is 83.3 Å². The van der Waals surface area contributed by atoms with Crippen molar-refractivity contribution in [1.29, 1.82) is 0 Å². The second kappa shape index (κ2) is 11.4. The fourth-order valence-corrected chi connectivity index (χ4v) is 7.87. The molecule has 4 N–H and O–H groups in total. The van der Waals surface area contributed by atoms with Crippen LogP contribution in [0, 0.1) is 0 Å². The number of nitrogens with one attached hydrogen (secondary N) is 1. The van der Waals surface area contributed by atoms with Crippen molar-refractivity contribution in [3.05, 3.63) is 39.9 Å². The van der Waals surface area contributed by atoms with Gasteiger partial charge in [0.2, 0.25) is 0 Å². The topological polar surface area (TPSA) is 178 Å². The second-order valence-corrected chi connectivity index (χ2v) is 12.0. The van der Waals surface area contributed by atoms with Crippen molar-refractivity contribution in [2.45, 2.75) is 30.0 Å². The minimum absolute atomic E-state index is 0.0687. The summed E-state index contributed by atoms with van der Waals surface area (Å²) in [4.78, 5) is 49.3. The Morgan fingerprint density at radius 1 is 1.36 bits per heavy atom. The fraction of sp³-hybridized carbons (Fsp3) is 0.318. The van der Waals surface area contributed by atoms with E-state index in [1.807, 2.05) is 29.0 Å². The number of thiazole rings is 1. The third-order valence-corrected chi connectivity index (χ3v) is 9.78. The van der Waals surface area contributed by atoms with E-state index in [-0.39, 0.29) is 22.2 Å². The molecule has 5 heterocycles. The van der Waals surface area contributed by atoms with Crippen LogP contribution in [0.3, 0.4) is 0 Å². The number of thiophene rings is 1. The summed E-state index contributed by atoms with van der Waals surface area (Å²) in [6, 6.07) is 2.99. The standard InChI is InChI=1S/C22H22N8O5S4/c1-3-29-16(12-5-4-6-36-12)26-27-22(29)39-8-10-7-37-19-14(18(32)30(19)15(10)20(33)34)25-17(31)13(28-35-2)11-9-38-21(23)24-11/h4-6,9,14,19H,3,7-8H2,1-2H3,(H2,23,24)(H,25,31)(H,33,34)/b28-13-/t14-,19-/m1/s1. The molecule has 2 aliphatic rings. The number of nitrogens with two attached hydrogens (primary N) is 1. The van der Waals surface area contributed by atoms with Gasteiger partial charge in [0.15, 0.2) is 21.8 Å². The van der Waals surface area contributed by atoms with E-state index in [0.29, 0.717) is 28.8 Å². The number of nitrogens with zero attached hydrogens (tertiary/aromatic N) is 6. The summed E-state index contributed by atoms with van der Waals surface area (Å²) in [6.07, 6.45) is 0. The lowest BCUT2D eigenvalue weighted by Crippen LogP contribution is -2.71. The predicted molar refractivity (Wildman–Crippen MR) is 149 cm³/mol. The van der Waals surface area contributed by atoms with Gasteiger partial charge in [0.1, 0.15) is 29.9 Å². The number of hydrogen-bond donors (Lipinski definition) is 3. The zero-order valence-electron chi connectivity index (χ0n) is 20.6. The number of rotatable bonds is 10. The Morgan fingerprint density at radius 3 is 2.82 bits per heavy atom. The Morgan fingerprint density at radius 2 is 2.18 bits per heavy atom. The lowest BCUT2D eigenvalue weighted by Gasteiger charge is -2.49. The highest BCUT2D eigenvalue weighted by Gasteiger charge is 2.54. The van der Waals surface area contributed by atoms with Crippen LogP contribution in [0.1, 0.15) is 12.6 Å². The van der Waals surface area contributed by atoms with Gasteiger partial charge in [-0.3, -0.25) is 14.5 Å². The first kappa shape index (κ1) is 27.2. The molecule has 0 aliphatic carbocycles. The number of carboxylic acid groups (broad SMARTS) is 1. The molecule has 0 bridgehead atoms. The number of oxime groups is 1. The van der Waals surface area contributed by atoms with Gasteiger partial charge >= 0.3 is 5.97 Å². The third kappa shape index (κ3) is 5.13. The third-order valence-electron chi connectivity index (χ3n) is 5.85. The number of carboxylic acids is 1. The molecule has 204 valence electrons. The number of β-lactam (4-membered cyclic amide) rings is 1. The quantitative estimate of drug-likeness (QED) is 0.133. The molecule has 2 atom stereocenters. The summed E-state index contributed by atoms with van der Waals surface area (Å²) in [7, 11) is 1.28. The summed E-state index contributed by atoms with van der Waals surface area (Å²) < 4.78 is 1.98. The molecule has 3 aromatic heterocycles. The van der Waals surface area contributed by atoms with Crippen molar-refractivity contribution in [1.82, 2.24) is 30.0 Å². The first-order chi connectivity index (χ1) is 18.8. The number of aliphatic carboxylic acids is 1. The van der Waals surface area contributed by atoms with E-state index in [9.17, 15) is 19.5 Å². The molecule has 5 rings (SSSR count). The van der Waals surface area contributed by atoms with Crippen molar-refractivity contribution in [2.24, 2.45) is 5.16 Å². The van der Waals surface area contributed by atoms with Gasteiger partial charge in [0, 0.05) is 23.4 Å². The maximum Gasteiger partial charge on any atom is 0.352 e. The van der Waals surface area contributed by atoms with Crippen LogP contribution in [0.15, 0.2) is 44.5 Å². The highest BCUT2D eigenvalue weighted by Crippen LogP contribution is 2.41. The van der Waals surface area contributed by atoms with Crippen molar-refractivity contribution >= 4 is 74.8 Å². The second-order valence-electron chi connectivity index (χ2n) is 8.13. The highest BCUT2D eigenvalue weighted by atomic mass is 32.2. The zero-order valence-corrected chi connectivity index (χ0v) is 23.8. The predicted octanol–water partition coefficient (Wildman–Crippen LogP) is 1.95. The van der Waals surface area contributed by atoms with E-state index in [2.05, 4.69) is 25.7 Å². The van der Waals surface area contributed by atoms with E-state index in [4.69, 9.17) is 10.6 Å². The van der Waals surface area contributed by atoms with Crippen LogP contribution in [0.2, 0.25) is 0 Å². The van der Waals surface area contributed by atoms with Gasteiger partial charge in [-0.05, 0) is 23.9 Å². The van der Waals surface area contributed by atoms with E-state index in [1.165, 1.54) is 35.5 Å². The number of aromatic nitrogens is 4. The summed E-state index contributed by atoms with van der Waals surface area (Å²) in [6.45, 7) is 2.64. The molecular formula is C22H22N8O5S4. The van der Waals surface area contributed by atoms with Gasteiger partial charge in [0.05, 0.1) is 4.88 Å². The molecule has 0 radical (unpaired) electrons. The molecule has 3 aromatic rings. The Labute approximate surface area is 238 Å². The van der Waals surface area contributed by atoms with Crippen molar-refractivity contribution in [3.8, 4) is 10.7 Å². The van der Waals surface area contributed by atoms with Gasteiger partial charge in [0.25, 0.3) is 11.8 Å². The summed E-state index contributed by atoms with van der Waals surface area (Å²) in [5.74, 6) is -0.954. The molecule has 17 heteroatoms. The smallest absolute Gasteiger partial charge is 0.352 e. The summed E-state index contributed by atoms with van der Waals surface area (Å²) >= 11 is 5.45. The Kier molecular flexibility index (Phi) is 7.92. The molecule has 1 fully saturated rings. The molecule has 13 nitrogen and oxygen atoms in total. The normalized spacial score (nSPS) is 19.1. The molecule has 0 saturated carbocycles. The maximum absolute atomic E-state index is 13.1. The molecule has 2 amide bonds. The molecule has 0 spiro atoms. The number of carbonyl (C=O) groups excluding carboxylic acids is 2. The van der Waals surface area contributed by atoms with Crippen LogP contribution in [0.25, 0.3) is 10.7 Å². The van der Waals surface area contributed by atoms with Crippen molar-refractivity contribution in [2.75, 3.05) is 24.3 Å². The van der Waals surface area contributed by atoms with Crippen LogP contribution in [0.4, 0.5) is 5.13 Å². The average molecular weight is 607 g/mol. The van der Waals surface area contributed by atoms with Crippen LogP contribution >= 0.6 is 46.2 Å². The number of hydrogen-bond acceptors (Lipinski definition) is 13. The average Bonchev–Trinajstić information content (AvgIpc) is 3.69. The Balaban J connectivity index is 1.31. The molecule has 0 aromatic carbocycles. The lowest BCUT2D eigenvalue weighted by molar-refractivity contribution is -0.150. The number of nitrogen functional groups attached to an aromatic ring is 1. The SMILES string of the molecule is CCn1c(SCC2=C(C(=O)O)N3C(=O)[C@@H](NC(=O)/C(=N\OC)c4csc(N)n4)[C@H]3SC2)nnc1-c1cccs1. The number of anilines is 1. The van der Waals surface area contributed by atoms with Crippen LogP contribution < -0.4 is 11.1 Å². The van der Waals surface area contributed by atoms with Crippen LogP contribution in [-0.2, 0) is 25.8 Å². The van der Waals surface area contributed by atoms with Gasteiger partial charge in [-0.25, -0.2) is 9.78 Å². The minimum Gasteiger partial charge on any atom is -0.477 e. The number of thioether (sulfide) groups is 2. The molecule has 39 heavy (non-hydrogen) atoms. The van der Waals surface area contributed by atoms with E-state index in [0.717, 1.165) is 22.0 Å². The van der Waals surface area contributed by atoms with E-state index in [1.54, 1.807) is 16.7 Å². The minimum atomic E-state index is -1.20. The fourth-order valence-electron chi connectivity index (χ4n) is 4.12. The number of fused-ring (bicyclic) bond motifs is 1.